The van der Waals surface area contributed by atoms with Crippen LogP contribution in [0.15, 0.2) is 0 Å². The van der Waals surface area contributed by atoms with Crippen LogP contribution in [0.1, 0.15) is 6.92 Å². The van der Waals surface area contributed by atoms with E-state index in [0.717, 1.165) is 0 Å². The zero-order valence-corrected chi connectivity index (χ0v) is 11.1. The van der Waals surface area contributed by atoms with E-state index in [1.807, 2.05) is 0 Å². The van der Waals surface area contributed by atoms with Gasteiger partial charge in [0.15, 0.2) is 0 Å². The van der Waals surface area contributed by atoms with Crippen LogP contribution in [0.25, 0.3) is 0 Å². The van der Waals surface area contributed by atoms with Crippen molar-refractivity contribution in [3.63, 3.8) is 0 Å². The van der Waals surface area contributed by atoms with Crippen LogP contribution in [-0.2, 0) is 0 Å². The summed E-state index contributed by atoms with van der Waals surface area (Å²) >= 11 is -3.39. The topological polar surface area (TPSA) is 20.2 Å². The molecule has 0 saturated carbocycles. The van der Waals surface area contributed by atoms with Gasteiger partial charge in [-0.1, -0.05) is 0 Å². The van der Waals surface area contributed by atoms with Gasteiger partial charge in [-0.3, -0.25) is 0 Å². The maximum atomic E-state index is 7.57. The van der Waals surface area contributed by atoms with Crippen LogP contribution in [0.4, 0.5) is 0 Å². The summed E-state index contributed by atoms with van der Waals surface area (Å²) in [7, 11) is 20.2. The second-order valence-electron chi connectivity index (χ2n) is 0.745. The minimum absolute atomic E-state index is 0.250. The average molecular weight is 395 g/mol. The average Bonchev–Trinajstić information content (AvgIpc) is 1.27. The van der Waals surface area contributed by atoms with Crippen LogP contribution in [0, 0.1) is 0 Å². The van der Waals surface area contributed by atoms with Gasteiger partial charge < -0.3 is 5.11 Å². The van der Waals surface area contributed by atoms with E-state index in [0.29, 0.717) is 0 Å². The van der Waals surface area contributed by atoms with Crippen LogP contribution in [0.5, 0.6) is 0 Å². The second kappa shape index (κ2) is 7.15. The summed E-state index contributed by atoms with van der Waals surface area (Å²) in [5, 5.41) is 7.57. The summed E-state index contributed by atoms with van der Waals surface area (Å²) in [6, 6.07) is 0. The maximum absolute atomic E-state index is 7.57. The fourth-order valence-corrected chi connectivity index (χ4v) is 0. The Morgan fingerprint density at radius 1 is 1.25 bits per heavy atom. The van der Waals surface area contributed by atoms with E-state index in [-0.39, 0.29) is 6.61 Å². The third-order valence-corrected chi connectivity index (χ3v) is 0. The Balaban J connectivity index is 0. The van der Waals surface area contributed by atoms with E-state index in [9.17, 15) is 0 Å². The van der Waals surface area contributed by atoms with Crippen molar-refractivity contribution in [1.29, 1.82) is 0 Å². The molecule has 0 rings (SSSR count). The summed E-state index contributed by atoms with van der Waals surface area (Å²) < 4.78 is 0. The molecule has 0 aromatic carbocycles. The summed E-state index contributed by atoms with van der Waals surface area (Å²) in [4.78, 5) is 0. The molecular formula is C2H6Cl4OPb. The molecule has 1 nitrogen and oxygen atoms in total. The first-order chi connectivity index (χ1) is 3.41. The van der Waals surface area contributed by atoms with Crippen molar-refractivity contribution in [2.75, 3.05) is 6.61 Å². The van der Waals surface area contributed by atoms with E-state index in [1.54, 1.807) is 6.92 Å². The molecule has 0 saturated heterocycles. The number of aliphatic hydroxyl groups is 1. The van der Waals surface area contributed by atoms with Crippen LogP contribution >= 0.6 is 33.3 Å². The molecule has 0 fully saturated rings. The molecule has 8 heavy (non-hydrogen) atoms. The first-order valence-electron chi connectivity index (χ1n) is 1.78. The Labute approximate surface area is 67.4 Å². The van der Waals surface area contributed by atoms with E-state index in [1.165, 1.54) is 0 Å². The van der Waals surface area contributed by atoms with Gasteiger partial charge in [-0.05, 0) is 6.92 Å². The Hall–Kier alpha value is 2.04. The van der Waals surface area contributed by atoms with Gasteiger partial charge in [0.25, 0.3) is 0 Å². The third-order valence-electron chi connectivity index (χ3n) is 0. The molecule has 1 N–H and O–H groups in total. The minimum atomic E-state index is -3.39. The Morgan fingerprint density at radius 3 is 1.25 bits per heavy atom. The van der Waals surface area contributed by atoms with Crippen molar-refractivity contribution in [2.45, 2.75) is 6.92 Å². The van der Waals surface area contributed by atoms with Crippen molar-refractivity contribution < 1.29 is 5.11 Å². The number of hydrogen-bond acceptors (Lipinski definition) is 1. The van der Waals surface area contributed by atoms with Gasteiger partial charge in [0, 0.05) is 6.61 Å². The predicted molar refractivity (Wildman–Crippen MR) is 41.9 cm³/mol. The molecule has 52 valence electrons. The van der Waals surface area contributed by atoms with Crippen molar-refractivity contribution in [3.05, 3.63) is 0 Å². The normalized spacial score (nSPS) is 9.75. The van der Waals surface area contributed by atoms with E-state index in [4.69, 9.17) is 38.4 Å². The number of aliphatic hydroxyl groups excluding tert-OH is 1. The summed E-state index contributed by atoms with van der Waals surface area (Å²) in [5.74, 6) is 0. The quantitative estimate of drug-likeness (QED) is 0.625. The van der Waals surface area contributed by atoms with Gasteiger partial charge in [0.1, 0.15) is 0 Å². The predicted octanol–water partition coefficient (Wildman–Crippen LogP) is 2.38. The monoisotopic (exact) mass is 394 g/mol. The van der Waals surface area contributed by atoms with E-state index >= 15 is 0 Å². The first-order valence-corrected chi connectivity index (χ1v) is 20.9. The van der Waals surface area contributed by atoms with Gasteiger partial charge in [-0.15, -0.1) is 0 Å². The summed E-state index contributed by atoms with van der Waals surface area (Å²) in [6.45, 7) is 1.93. The molecule has 0 aliphatic heterocycles. The molecule has 0 spiro atoms. The zero-order chi connectivity index (χ0) is 7.21. The molecule has 0 aromatic rings. The third kappa shape index (κ3) is 95.6. The zero-order valence-electron chi connectivity index (χ0n) is 4.17. The van der Waals surface area contributed by atoms with Crippen LogP contribution in [0.2, 0.25) is 0 Å². The molecular weight excluding hydrogens is 389 g/mol. The Kier molecular flexibility index (Phi) is 11.4. The standard InChI is InChI=1S/C2H6O.4ClH.Pb/c1-2-3;;;;;/h3H,2H2,1H3;4*1H;/q;;;;;+4/p-4. The molecule has 0 amide bonds. The molecule has 0 radical (unpaired) electrons. The summed E-state index contributed by atoms with van der Waals surface area (Å²) in [5.41, 5.74) is 0. The molecule has 0 unspecified atom stereocenters. The van der Waals surface area contributed by atoms with Gasteiger partial charge in [-0.25, -0.2) is 0 Å². The molecule has 0 aliphatic rings. The van der Waals surface area contributed by atoms with E-state index < -0.39 is 16.3 Å². The summed E-state index contributed by atoms with van der Waals surface area (Å²) in [6.07, 6.45) is 0. The number of halogens is 4. The molecule has 0 atom stereocenters. The van der Waals surface area contributed by atoms with Gasteiger partial charge in [0.05, 0.1) is 0 Å². The van der Waals surface area contributed by atoms with Crippen LogP contribution in [0.3, 0.4) is 0 Å². The van der Waals surface area contributed by atoms with Crippen LogP contribution < -0.4 is 0 Å². The molecule has 0 aliphatic carbocycles. The SMILES string of the molecule is CCO.[Cl][Pb]([Cl])([Cl])[Cl]. The van der Waals surface area contributed by atoms with Crippen LogP contribution in [-0.4, -0.2) is 28.0 Å². The Morgan fingerprint density at radius 2 is 1.25 bits per heavy atom. The van der Waals surface area contributed by atoms with Crippen molar-refractivity contribution in [3.8, 4) is 0 Å². The van der Waals surface area contributed by atoms with Crippen molar-refractivity contribution in [2.24, 2.45) is 0 Å². The van der Waals surface area contributed by atoms with Gasteiger partial charge >= 0.3 is 49.5 Å². The number of rotatable bonds is 0. The molecule has 0 aromatic heterocycles. The first kappa shape index (κ1) is 12.7. The van der Waals surface area contributed by atoms with Crippen molar-refractivity contribution in [1.82, 2.24) is 0 Å². The Bertz CT molecular complexity index is 37.8. The fraction of sp³-hybridized carbons (Fsp3) is 1.00. The fourth-order valence-electron chi connectivity index (χ4n) is 0. The van der Waals surface area contributed by atoms with Gasteiger partial charge in [-0.2, -0.15) is 0 Å². The molecule has 0 bridgehead atoms. The molecule has 0 heterocycles. The molecule has 6 heteroatoms. The van der Waals surface area contributed by atoms with E-state index in [2.05, 4.69) is 0 Å². The number of hydrogen-bond donors (Lipinski definition) is 1. The second-order valence-corrected chi connectivity index (χ2v) is 34.2. The van der Waals surface area contributed by atoms with Crippen molar-refractivity contribution >= 4 is 49.5 Å². The van der Waals surface area contributed by atoms with Gasteiger partial charge in [0.2, 0.25) is 0 Å².